The Balaban J connectivity index is 1.95. The lowest BCUT2D eigenvalue weighted by Gasteiger charge is -2.12. The Hall–Kier alpha value is -1.12. The molecule has 0 bridgehead atoms. The van der Waals surface area contributed by atoms with E-state index < -0.39 is 0 Å². The van der Waals surface area contributed by atoms with Crippen LogP contribution >= 0.6 is 0 Å². The minimum Gasteiger partial charge on any atom is -0.326 e. The van der Waals surface area contributed by atoms with Crippen LogP contribution in [0.2, 0.25) is 0 Å². The van der Waals surface area contributed by atoms with Crippen LogP contribution in [0.15, 0.2) is 30.4 Å². The normalized spacial score (nSPS) is 11.5. The summed E-state index contributed by atoms with van der Waals surface area (Å²) in [5.41, 5.74) is 15.6. The summed E-state index contributed by atoms with van der Waals surface area (Å²) >= 11 is 0. The van der Waals surface area contributed by atoms with E-state index in [-0.39, 0.29) is 0 Å². The second-order valence-electron chi connectivity index (χ2n) is 8.15. The second kappa shape index (κ2) is 17.9. The Morgan fingerprint density at radius 2 is 1.18 bits per heavy atom. The van der Waals surface area contributed by atoms with E-state index in [9.17, 15) is 0 Å². The second-order valence-corrected chi connectivity index (χ2v) is 8.15. The molecule has 4 N–H and O–H groups in total. The van der Waals surface area contributed by atoms with Gasteiger partial charge >= 0.3 is 0 Å². The van der Waals surface area contributed by atoms with Crippen molar-refractivity contribution < 1.29 is 0 Å². The molecule has 2 nitrogen and oxygen atoms in total. The van der Waals surface area contributed by atoms with Crippen molar-refractivity contribution in [1.29, 1.82) is 0 Å². The van der Waals surface area contributed by atoms with Crippen LogP contribution in [0, 0.1) is 0 Å². The van der Waals surface area contributed by atoms with E-state index in [1.54, 1.807) is 0 Å². The average Bonchev–Trinajstić information content (AvgIpc) is 2.73. The van der Waals surface area contributed by atoms with Gasteiger partial charge in [-0.15, -0.1) is 0 Å². The maximum atomic E-state index is 5.93. The van der Waals surface area contributed by atoms with E-state index in [0.29, 0.717) is 13.1 Å². The summed E-state index contributed by atoms with van der Waals surface area (Å²) in [4.78, 5) is 0. The molecule has 0 aliphatic heterocycles. The first kappa shape index (κ1) is 24.9. The van der Waals surface area contributed by atoms with Gasteiger partial charge in [0.25, 0.3) is 0 Å². The van der Waals surface area contributed by atoms with Crippen LogP contribution in [0.3, 0.4) is 0 Å². The molecule has 2 heteroatoms. The van der Waals surface area contributed by atoms with Crippen molar-refractivity contribution in [2.24, 2.45) is 11.5 Å². The molecule has 0 spiro atoms. The maximum absolute atomic E-state index is 5.93. The fourth-order valence-corrected chi connectivity index (χ4v) is 3.94. The van der Waals surface area contributed by atoms with Gasteiger partial charge in [0.15, 0.2) is 0 Å². The summed E-state index contributed by atoms with van der Waals surface area (Å²) in [7, 11) is 0. The van der Waals surface area contributed by atoms with Crippen molar-refractivity contribution >= 4 is 0 Å². The van der Waals surface area contributed by atoms with Crippen LogP contribution in [0.4, 0.5) is 0 Å². The number of benzene rings is 1. The molecule has 0 aliphatic carbocycles. The van der Waals surface area contributed by atoms with E-state index in [1.165, 1.54) is 107 Å². The third-order valence-electron chi connectivity index (χ3n) is 5.75. The summed E-state index contributed by atoms with van der Waals surface area (Å²) in [5, 5.41) is 0. The third-order valence-corrected chi connectivity index (χ3v) is 5.75. The van der Waals surface area contributed by atoms with E-state index in [2.05, 4.69) is 37.3 Å². The van der Waals surface area contributed by atoms with Crippen LogP contribution in [0.25, 0.3) is 0 Å². The van der Waals surface area contributed by atoms with Crippen molar-refractivity contribution in [3.63, 3.8) is 0 Å². The zero-order valence-electron chi connectivity index (χ0n) is 18.6. The Morgan fingerprint density at radius 1 is 0.643 bits per heavy atom. The largest absolute Gasteiger partial charge is 0.326 e. The first-order valence-electron chi connectivity index (χ1n) is 12.0. The van der Waals surface area contributed by atoms with Gasteiger partial charge in [0.05, 0.1) is 0 Å². The van der Waals surface area contributed by atoms with Crippen LogP contribution in [0.1, 0.15) is 114 Å². The third kappa shape index (κ3) is 11.7. The molecule has 1 rings (SSSR count). The molecule has 0 saturated carbocycles. The van der Waals surface area contributed by atoms with Gasteiger partial charge in [-0.3, -0.25) is 0 Å². The van der Waals surface area contributed by atoms with Gasteiger partial charge in [-0.2, -0.15) is 0 Å². The van der Waals surface area contributed by atoms with E-state index in [4.69, 9.17) is 11.5 Å². The van der Waals surface area contributed by atoms with Crippen molar-refractivity contribution in [3.05, 3.63) is 47.0 Å². The van der Waals surface area contributed by atoms with Crippen molar-refractivity contribution in [2.45, 2.75) is 116 Å². The molecule has 0 heterocycles. The van der Waals surface area contributed by atoms with Crippen LogP contribution in [-0.2, 0) is 19.5 Å². The Labute approximate surface area is 175 Å². The summed E-state index contributed by atoms with van der Waals surface area (Å²) in [6, 6.07) is 6.45. The Kier molecular flexibility index (Phi) is 16.0. The molecule has 160 valence electrons. The minimum atomic E-state index is 0.591. The van der Waals surface area contributed by atoms with Crippen LogP contribution < -0.4 is 11.5 Å². The summed E-state index contributed by atoms with van der Waals surface area (Å²) in [5.74, 6) is 0. The molecule has 0 atom stereocenters. The van der Waals surface area contributed by atoms with Gasteiger partial charge < -0.3 is 11.5 Å². The van der Waals surface area contributed by atoms with E-state index >= 15 is 0 Å². The van der Waals surface area contributed by atoms with Gasteiger partial charge in [0, 0.05) is 13.1 Å². The zero-order valence-corrected chi connectivity index (χ0v) is 18.6. The summed E-state index contributed by atoms with van der Waals surface area (Å²) in [6.07, 6.45) is 24.9. The average molecular weight is 387 g/mol. The highest BCUT2D eigenvalue weighted by molar-refractivity contribution is 5.35. The molecule has 0 radical (unpaired) electrons. The lowest BCUT2D eigenvalue weighted by Crippen LogP contribution is -2.09. The number of allylic oxidation sites excluding steroid dienone is 2. The summed E-state index contributed by atoms with van der Waals surface area (Å²) < 4.78 is 0. The molecule has 1 aromatic rings. The number of rotatable bonds is 18. The van der Waals surface area contributed by atoms with Gasteiger partial charge in [-0.05, 0) is 55.2 Å². The smallest absolute Gasteiger partial charge is 0.0184 e. The van der Waals surface area contributed by atoms with Gasteiger partial charge in [0.1, 0.15) is 0 Å². The van der Waals surface area contributed by atoms with Gasteiger partial charge in [-0.25, -0.2) is 0 Å². The number of nitrogens with two attached hydrogens (primary N) is 2. The molecular weight excluding hydrogens is 340 g/mol. The number of hydrogen-bond donors (Lipinski definition) is 2. The molecule has 0 aliphatic rings. The summed E-state index contributed by atoms with van der Waals surface area (Å²) in [6.45, 7) is 3.48. The van der Waals surface area contributed by atoms with Crippen molar-refractivity contribution in [2.75, 3.05) is 0 Å². The molecule has 28 heavy (non-hydrogen) atoms. The quantitative estimate of drug-likeness (QED) is 0.207. The Bertz CT molecular complexity index is 507. The predicted octanol–water partition coefficient (Wildman–Crippen LogP) is 7.18. The number of unbranched alkanes of at least 4 members (excludes halogenated alkanes) is 12. The lowest BCUT2D eigenvalue weighted by atomic mass is 9.96. The fourth-order valence-electron chi connectivity index (χ4n) is 3.94. The zero-order chi connectivity index (χ0) is 20.3. The van der Waals surface area contributed by atoms with E-state index in [0.717, 1.165) is 6.42 Å². The van der Waals surface area contributed by atoms with Gasteiger partial charge in [-0.1, -0.05) is 95.1 Å². The first-order chi connectivity index (χ1) is 13.8. The SMILES string of the molecule is CCCCCCCC/C=C\CCCCCCCCc1cccc(CN)c1CN. The highest BCUT2D eigenvalue weighted by atomic mass is 14.6. The van der Waals surface area contributed by atoms with Crippen LogP contribution in [-0.4, -0.2) is 0 Å². The lowest BCUT2D eigenvalue weighted by molar-refractivity contribution is 0.595. The fraction of sp³-hybridized carbons (Fsp3) is 0.692. The molecule has 0 fully saturated rings. The van der Waals surface area contributed by atoms with E-state index in [1.807, 2.05) is 0 Å². The topological polar surface area (TPSA) is 52.0 Å². The highest BCUT2D eigenvalue weighted by Gasteiger charge is 2.05. The molecule has 0 unspecified atom stereocenters. The minimum absolute atomic E-state index is 0.591. The predicted molar refractivity (Wildman–Crippen MR) is 125 cm³/mol. The standard InChI is InChI=1S/C26H46N2/c1-2-3-4-5-6-7-8-9-10-11-12-13-14-15-16-17-19-24-20-18-21-25(22-27)26(24)23-28/h9-10,18,20-21H,2-8,11-17,19,22-23,27-28H2,1H3/b10-9-. The van der Waals surface area contributed by atoms with Crippen LogP contribution in [0.5, 0.6) is 0 Å². The molecule has 0 aromatic heterocycles. The molecule has 1 aromatic carbocycles. The Morgan fingerprint density at radius 3 is 1.75 bits per heavy atom. The molecule has 0 amide bonds. The number of hydrogen-bond acceptors (Lipinski definition) is 2. The van der Waals surface area contributed by atoms with Crippen molar-refractivity contribution in [1.82, 2.24) is 0 Å². The monoisotopic (exact) mass is 386 g/mol. The molecular formula is C26H46N2. The first-order valence-corrected chi connectivity index (χ1v) is 12.0. The van der Waals surface area contributed by atoms with Gasteiger partial charge in [0.2, 0.25) is 0 Å². The maximum Gasteiger partial charge on any atom is 0.0184 e. The van der Waals surface area contributed by atoms with Crippen molar-refractivity contribution in [3.8, 4) is 0 Å². The number of aryl methyl sites for hydroxylation is 1. The molecule has 0 saturated heterocycles. The highest BCUT2D eigenvalue weighted by Crippen LogP contribution is 2.18.